The highest BCUT2D eigenvalue weighted by Crippen LogP contribution is 2.31. The van der Waals surface area contributed by atoms with E-state index in [1.165, 1.54) is 32.1 Å². The molecule has 0 radical (unpaired) electrons. The third-order valence-electron chi connectivity index (χ3n) is 4.75. The molecule has 2 rings (SSSR count). The van der Waals surface area contributed by atoms with E-state index < -0.39 is 0 Å². The molecule has 1 aliphatic carbocycles. The predicted octanol–water partition coefficient (Wildman–Crippen LogP) is 4.25. The van der Waals surface area contributed by atoms with Crippen LogP contribution in [-0.2, 0) is 6.54 Å². The first-order chi connectivity index (χ1) is 10.2. The van der Waals surface area contributed by atoms with Crippen molar-refractivity contribution in [1.29, 1.82) is 0 Å². The van der Waals surface area contributed by atoms with Crippen molar-refractivity contribution in [1.82, 2.24) is 10.3 Å². The Kier molecular flexibility index (Phi) is 6.31. The van der Waals surface area contributed by atoms with Crippen molar-refractivity contribution in [3.8, 4) is 0 Å². The summed E-state index contributed by atoms with van der Waals surface area (Å²) in [6.45, 7) is 6.07. The zero-order chi connectivity index (χ0) is 15.2. The van der Waals surface area contributed by atoms with Gasteiger partial charge in [0.2, 0.25) is 0 Å². The lowest BCUT2D eigenvalue weighted by Crippen LogP contribution is -2.35. The molecule has 118 valence electrons. The largest absolute Gasteiger partial charge is 0.357 e. The Bertz CT molecular complexity index is 442. The number of pyridine rings is 1. The molecule has 0 unspecified atom stereocenters. The molecular weight excluding hydrogens is 282 g/mol. The van der Waals surface area contributed by atoms with Gasteiger partial charge in [0, 0.05) is 19.6 Å². The van der Waals surface area contributed by atoms with Crippen LogP contribution in [0.4, 0.5) is 5.82 Å². The van der Waals surface area contributed by atoms with E-state index in [-0.39, 0.29) is 0 Å². The zero-order valence-electron chi connectivity index (χ0n) is 13.5. The molecule has 0 aromatic carbocycles. The van der Waals surface area contributed by atoms with Gasteiger partial charge in [0.1, 0.15) is 5.82 Å². The number of nitrogens with zero attached hydrogens (tertiary/aromatic N) is 2. The Labute approximate surface area is 134 Å². The normalized spacial score (nSPS) is 22.3. The smallest absolute Gasteiger partial charge is 0.128 e. The summed E-state index contributed by atoms with van der Waals surface area (Å²) < 4.78 is 0. The van der Waals surface area contributed by atoms with Crippen LogP contribution < -0.4 is 10.2 Å². The molecule has 1 aliphatic rings. The van der Waals surface area contributed by atoms with Gasteiger partial charge in [-0.25, -0.2) is 4.98 Å². The van der Waals surface area contributed by atoms with Crippen molar-refractivity contribution in [2.75, 3.05) is 18.5 Å². The Morgan fingerprint density at radius 3 is 2.57 bits per heavy atom. The molecule has 1 aromatic heterocycles. The number of halogens is 1. The average Bonchev–Trinajstić information content (AvgIpc) is 2.53. The van der Waals surface area contributed by atoms with Gasteiger partial charge in [-0.05, 0) is 50.3 Å². The van der Waals surface area contributed by atoms with Crippen LogP contribution in [-0.4, -0.2) is 24.6 Å². The van der Waals surface area contributed by atoms with Gasteiger partial charge in [-0.1, -0.05) is 31.9 Å². The van der Waals surface area contributed by atoms with E-state index in [1.807, 2.05) is 12.1 Å². The first-order valence-corrected chi connectivity index (χ1v) is 8.62. The predicted molar refractivity (Wildman–Crippen MR) is 91.1 cm³/mol. The number of nitrogens with one attached hydrogen (secondary N) is 1. The van der Waals surface area contributed by atoms with Crippen molar-refractivity contribution in [3.05, 3.63) is 22.8 Å². The Morgan fingerprint density at radius 2 is 1.95 bits per heavy atom. The second-order valence-electron chi connectivity index (χ2n) is 6.07. The highest BCUT2D eigenvalue weighted by atomic mass is 35.5. The third kappa shape index (κ3) is 4.33. The van der Waals surface area contributed by atoms with Crippen LogP contribution in [0, 0.1) is 5.92 Å². The molecule has 0 bridgehead atoms. The number of hydrogen-bond acceptors (Lipinski definition) is 3. The van der Waals surface area contributed by atoms with Gasteiger partial charge in [0.15, 0.2) is 0 Å². The monoisotopic (exact) mass is 309 g/mol. The average molecular weight is 310 g/mol. The maximum Gasteiger partial charge on any atom is 0.128 e. The fourth-order valence-electron chi connectivity index (χ4n) is 3.16. The molecule has 1 N–H and O–H groups in total. The fourth-order valence-corrected chi connectivity index (χ4v) is 3.34. The SMILES string of the molecule is CCNCc1nc(N(C)C2CCC(CC)CC2)ccc1Cl. The summed E-state index contributed by atoms with van der Waals surface area (Å²) in [5.74, 6) is 1.98. The van der Waals surface area contributed by atoms with Crippen LogP contribution >= 0.6 is 11.6 Å². The molecule has 21 heavy (non-hydrogen) atoms. The number of rotatable bonds is 6. The molecule has 0 atom stereocenters. The molecule has 4 heteroatoms. The molecule has 0 aliphatic heterocycles. The maximum absolute atomic E-state index is 6.24. The van der Waals surface area contributed by atoms with E-state index in [0.29, 0.717) is 6.04 Å². The van der Waals surface area contributed by atoms with Gasteiger partial charge in [-0.15, -0.1) is 0 Å². The van der Waals surface area contributed by atoms with Crippen molar-refractivity contribution in [2.24, 2.45) is 5.92 Å². The van der Waals surface area contributed by atoms with E-state index in [0.717, 1.165) is 35.5 Å². The van der Waals surface area contributed by atoms with Gasteiger partial charge < -0.3 is 10.2 Å². The topological polar surface area (TPSA) is 28.2 Å². The molecule has 0 spiro atoms. The summed E-state index contributed by atoms with van der Waals surface area (Å²) in [6, 6.07) is 4.64. The number of hydrogen-bond donors (Lipinski definition) is 1. The minimum Gasteiger partial charge on any atom is -0.357 e. The lowest BCUT2D eigenvalue weighted by Gasteiger charge is -2.35. The first-order valence-electron chi connectivity index (χ1n) is 8.24. The summed E-state index contributed by atoms with van der Waals surface area (Å²) >= 11 is 6.24. The number of anilines is 1. The zero-order valence-corrected chi connectivity index (χ0v) is 14.3. The summed E-state index contributed by atoms with van der Waals surface area (Å²) in [5.41, 5.74) is 0.949. The van der Waals surface area contributed by atoms with E-state index in [4.69, 9.17) is 16.6 Å². The van der Waals surface area contributed by atoms with Gasteiger partial charge in [-0.2, -0.15) is 0 Å². The number of aromatic nitrogens is 1. The summed E-state index contributed by atoms with van der Waals surface area (Å²) in [6.07, 6.45) is 6.58. The molecular formula is C17H28ClN3. The quantitative estimate of drug-likeness (QED) is 0.851. The molecule has 1 fully saturated rings. The van der Waals surface area contributed by atoms with E-state index in [9.17, 15) is 0 Å². The van der Waals surface area contributed by atoms with Crippen LogP contribution in [0.25, 0.3) is 0 Å². The van der Waals surface area contributed by atoms with Crippen molar-refractivity contribution in [2.45, 2.75) is 58.5 Å². The Morgan fingerprint density at radius 1 is 1.24 bits per heavy atom. The van der Waals surface area contributed by atoms with Crippen LogP contribution in [0.1, 0.15) is 51.6 Å². The highest BCUT2D eigenvalue weighted by Gasteiger charge is 2.24. The lowest BCUT2D eigenvalue weighted by molar-refractivity contribution is 0.313. The van der Waals surface area contributed by atoms with Crippen LogP contribution in [0.2, 0.25) is 5.02 Å². The van der Waals surface area contributed by atoms with Crippen molar-refractivity contribution < 1.29 is 0 Å². The third-order valence-corrected chi connectivity index (χ3v) is 5.09. The molecule has 0 amide bonds. The standard InChI is InChI=1S/C17H28ClN3/c1-4-13-6-8-14(9-7-13)21(3)17-11-10-15(18)16(20-17)12-19-5-2/h10-11,13-14,19H,4-9,12H2,1-3H3. The summed E-state index contributed by atoms with van der Waals surface area (Å²) in [7, 11) is 2.17. The fraction of sp³-hybridized carbons (Fsp3) is 0.706. The maximum atomic E-state index is 6.24. The van der Waals surface area contributed by atoms with Gasteiger partial charge >= 0.3 is 0 Å². The van der Waals surface area contributed by atoms with Crippen molar-refractivity contribution in [3.63, 3.8) is 0 Å². The van der Waals surface area contributed by atoms with Gasteiger partial charge in [-0.3, -0.25) is 0 Å². The summed E-state index contributed by atoms with van der Waals surface area (Å²) in [4.78, 5) is 7.10. The van der Waals surface area contributed by atoms with Crippen LogP contribution in [0.3, 0.4) is 0 Å². The Balaban J connectivity index is 2.03. The van der Waals surface area contributed by atoms with Gasteiger partial charge in [0.25, 0.3) is 0 Å². The summed E-state index contributed by atoms with van der Waals surface area (Å²) in [5, 5.41) is 4.05. The molecule has 1 saturated carbocycles. The lowest BCUT2D eigenvalue weighted by atomic mass is 9.84. The van der Waals surface area contributed by atoms with Crippen molar-refractivity contribution >= 4 is 17.4 Å². The highest BCUT2D eigenvalue weighted by molar-refractivity contribution is 6.31. The van der Waals surface area contributed by atoms with Gasteiger partial charge in [0.05, 0.1) is 10.7 Å². The minimum absolute atomic E-state index is 0.619. The van der Waals surface area contributed by atoms with E-state index >= 15 is 0 Å². The second-order valence-corrected chi connectivity index (χ2v) is 6.48. The van der Waals surface area contributed by atoms with E-state index in [1.54, 1.807) is 0 Å². The van der Waals surface area contributed by atoms with E-state index in [2.05, 4.69) is 31.1 Å². The molecule has 1 aromatic rings. The van der Waals surface area contributed by atoms with Crippen LogP contribution in [0.15, 0.2) is 12.1 Å². The molecule has 0 saturated heterocycles. The molecule has 3 nitrogen and oxygen atoms in total. The minimum atomic E-state index is 0.619. The Hall–Kier alpha value is -0.800. The van der Waals surface area contributed by atoms with Crippen LogP contribution in [0.5, 0.6) is 0 Å². The first kappa shape index (κ1) is 16.6. The second kappa shape index (κ2) is 8.00. The molecule has 1 heterocycles.